The summed E-state index contributed by atoms with van der Waals surface area (Å²) in [4.78, 5) is 22.5. The molecule has 1 aromatic rings. The summed E-state index contributed by atoms with van der Waals surface area (Å²) in [5.41, 5.74) is 5.54. The maximum Gasteiger partial charge on any atom is 0.271 e. The largest absolute Gasteiger partial charge is 0.397 e. The summed E-state index contributed by atoms with van der Waals surface area (Å²) < 4.78 is 5.40. The second-order valence-electron chi connectivity index (χ2n) is 5.02. The van der Waals surface area contributed by atoms with Gasteiger partial charge in [0.2, 0.25) is 0 Å². The lowest BCUT2D eigenvalue weighted by Gasteiger charge is -2.28. The third kappa shape index (κ3) is 3.62. The van der Waals surface area contributed by atoms with Gasteiger partial charge in [-0.25, -0.2) is 0 Å². The van der Waals surface area contributed by atoms with E-state index in [1.807, 2.05) is 6.92 Å². The molecular formula is C13H16ClN3O4. The first-order valence-electron chi connectivity index (χ1n) is 6.54. The average molecular weight is 314 g/mol. The minimum atomic E-state index is -0.612. The molecule has 0 radical (unpaired) electrons. The molecule has 1 saturated heterocycles. The zero-order valence-electron chi connectivity index (χ0n) is 11.5. The van der Waals surface area contributed by atoms with Gasteiger partial charge in [0.25, 0.3) is 11.6 Å². The van der Waals surface area contributed by atoms with Crippen LogP contribution in [-0.4, -0.2) is 29.6 Å². The molecule has 21 heavy (non-hydrogen) atoms. The number of ether oxygens (including phenoxy) is 1. The molecular weight excluding hydrogens is 298 g/mol. The minimum Gasteiger partial charge on any atom is -0.397 e. The Morgan fingerprint density at radius 3 is 2.90 bits per heavy atom. The van der Waals surface area contributed by atoms with E-state index in [0.29, 0.717) is 19.4 Å². The Labute approximate surface area is 126 Å². The lowest BCUT2D eigenvalue weighted by Crippen LogP contribution is -2.41. The number of amides is 1. The van der Waals surface area contributed by atoms with Gasteiger partial charge in [-0.1, -0.05) is 11.6 Å². The summed E-state index contributed by atoms with van der Waals surface area (Å²) in [6.07, 6.45) is 1.45. The molecule has 2 atom stereocenters. The molecule has 1 aliphatic rings. The number of non-ortho nitro benzene ring substituents is 1. The Morgan fingerprint density at radius 2 is 2.29 bits per heavy atom. The Hall–Kier alpha value is -1.86. The van der Waals surface area contributed by atoms with E-state index in [1.165, 1.54) is 0 Å². The van der Waals surface area contributed by atoms with Gasteiger partial charge in [0.15, 0.2) is 0 Å². The van der Waals surface area contributed by atoms with Gasteiger partial charge in [0.05, 0.1) is 27.3 Å². The normalized spacial score (nSPS) is 21.8. The maximum atomic E-state index is 12.3. The first kappa shape index (κ1) is 15.5. The van der Waals surface area contributed by atoms with Gasteiger partial charge < -0.3 is 15.8 Å². The molecule has 1 amide bonds. The van der Waals surface area contributed by atoms with Crippen LogP contribution in [0.3, 0.4) is 0 Å². The van der Waals surface area contributed by atoms with E-state index in [0.717, 1.165) is 12.1 Å². The summed E-state index contributed by atoms with van der Waals surface area (Å²) in [6, 6.07) is 2.22. The lowest BCUT2D eigenvalue weighted by atomic mass is 10.0. The van der Waals surface area contributed by atoms with Crippen LogP contribution >= 0.6 is 11.6 Å². The van der Waals surface area contributed by atoms with Crippen molar-refractivity contribution < 1.29 is 14.5 Å². The molecule has 2 unspecified atom stereocenters. The fourth-order valence-corrected chi connectivity index (χ4v) is 2.50. The van der Waals surface area contributed by atoms with Crippen molar-refractivity contribution >= 4 is 28.9 Å². The monoisotopic (exact) mass is 313 g/mol. The number of nitrogens with zero attached hydrogens (tertiary/aromatic N) is 1. The molecule has 0 saturated carbocycles. The van der Waals surface area contributed by atoms with Crippen LogP contribution in [0.1, 0.15) is 30.1 Å². The number of hydrogen-bond donors (Lipinski definition) is 2. The number of nitro groups is 1. The SMILES string of the molecule is CC1CC(NC(=O)c2cc([N+](=O)[O-])cc(Cl)c2N)CCO1. The van der Waals surface area contributed by atoms with Crippen LogP contribution < -0.4 is 11.1 Å². The van der Waals surface area contributed by atoms with Gasteiger partial charge in [-0.05, 0) is 19.8 Å². The van der Waals surface area contributed by atoms with Gasteiger partial charge in [-0.15, -0.1) is 0 Å². The van der Waals surface area contributed by atoms with Crippen molar-refractivity contribution in [3.05, 3.63) is 32.8 Å². The summed E-state index contributed by atoms with van der Waals surface area (Å²) in [5.74, 6) is -0.461. The molecule has 3 N–H and O–H groups in total. The molecule has 1 aliphatic heterocycles. The summed E-state index contributed by atoms with van der Waals surface area (Å²) in [7, 11) is 0. The van der Waals surface area contributed by atoms with E-state index in [4.69, 9.17) is 22.1 Å². The van der Waals surface area contributed by atoms with Crippen LogP contribution in [0, 0.1) is 10.1 Å². The lowest BCUT2D eigenvalue weighted by molar-refractivity contribution is -0.384. The highest BCUT2D eigenvalue weighted by Gasteiger charge is 2.24. The number of nitrogens with two attached hydrogens (primary N) is 1. The molecule has 1 aromatic carbocycles. The standard InChI is InChI=1S/C13H16ClN3O4/c1-7-4-8(2-3-21-7)16-13(18)10-5-9(17(19)20)6-11(14)12(10)15/h5-8H,2-4,15H2,1H3,(H,16,18). The first-order valence-corrected chi connectivity index (χ1v) is 6.92. The minimum absolute atomic E-state index is 0.00491. The van der Waals surface area contributed by atoms with E-state index in [-0.39, 0.29) is 34.1 Å². The molecule has 8 heteroatoms. The summed E-state index contributed by atoms with van der Waals surface area (Å²) >= 11 is 5.84. The van der Waals surface area contributed by atoms with Crippen molar-refractivity contribution in [2.24, 2.45) is 0 Å². The number of carbonyl (C=O) groups is 1. The smallest absolute Gasteiger partial charge is 0.271 e. The summed E-state index contributed by atoms with van der Waals surface area (Å²) in [5, 5.41) is 13.6. The number of nitro benzene ring substituents is 1. The van der Waals surface area contributed by atoms with Crippen LogP contribution in [0.4, 0.5) is 11.4 Å². The van der Waals surface area contributed by atoms with Crippen molar-refractivity contribution in [1.29, 1.82) is 0 Å². The average Bonchev–Trinajstić information content (AvgIpc) is 2.41. The van der Waals surface area contributed by atoms with Crippen LogP contribution in [0.25, 0.3) is 0 Å². The molecule has 7 nitrogen and oxygen atoms in total. The van der Waals surface area contributed by atoms with Crippen molar-refractivity contribution in [1.82, 2.24) is 5.32 Å². The fraction of sp³-hybridized carbons (Fsp3) is 0.462. The molecule has 0 bridgehead atoms. The van der Waals surface area contributed by atoms with E-state index in [9.17, 15) is 14.9 Å². The molecule has 0 aromatic heterocycles. The van der Waals surface area contributed by atoms with Gasteiger partial charge in [-0.3, -0.25) is 14.9 Å². The Kier molecular flexibility index (Phi) is 4.64. The maximum absolute atomic E-state index is 12.3. The first-order chi connectivity index (χ1) is 9.88. The van der Waals surface area contributed by atoms with E-state index in [2.05, 4.69) is 5.32 Å². The molecule has 1 heterocycles. The molecule has 1 fully saturated rings. The van der Waals surface area contributed by atoms with Crippen molar-refractivity contribution in [2.75, 3.05) is 12.3 Å². The van der Waals surface area contributed by atoms with Crippen LogP contribution in [0.15, 0.2) is 12.1 Å². The van der Waals surface area contributed by atoms with Gasteiger partial charge in [-0.2, -0.15) is 0 Å². The summed E-state index contributed by atoms with van der Waals surface area (Å²) in [6.45, 7) is 2.49. The number of halogens is 1. The van der Waals surface area contributed by atoms with Crippen LogP contribution in [0.5, 0.6) is 0 Å². The predicted octanol–water partition coefficient (Wildman–Crippen LogP) is 2.13. The van der Waals surface area contributed by atoms with Gasteiger partial charge in [0, 0.05) is 24.8 Å². The Balaban J connectivity index is 2.20. The van der Waals surface area contributed by atoms with Crippen molar-refractivity contribution in [2.45, 2.75) is 31.9 Å². The quantitative estimate of drug-likeness (QED) is 0.505. The Morgan fingerprint density at radius 1 is 1.57 bits per heavy atom. The number of anilines is 1. The zero-order valence-corrected chi connectivity index (χ0v) is 12.2. The second-order valence-corrected chi connectivity index (χ2v) is 5.43. The van der Waals surface area contributed by atoms with Crippen LogP contribution in [-0.2, 0) is 4.74 Å². The highest BCUT2D eigenvalue weighted by molar-refractivity contribution is 6.34. The highest BCUT2D eigenvalue weighted by Crippen LogP contribution is 2.29. The Bertz CT molecular complexity index is 579. The van der Waals surface area contributed by atoms with Crippen LogP contribution in [0.2, 0.25) is 5.02 Å². The van der Waals surface area contributed by atoms with Crippen molar-refractivity contribution in [3.63, 3.8) is 0 Å². The second kappa shape index (κ2) is 6.28. The predicted molar refractivity (Wildman–Crippen MR) is 78.4 cm³/mol. The number of benzene rings is 1. The number of rotatable bonds is 3. The van der Waals surface area contributed by atoms with Crippen molar-refractivity contribution in [3.8, 4) is 0 Å². The fourth-order valence-electron chi connectivity index (χ4n) is 2.29. The number of carbonyl (C=O) groups excluding carboxylic acids is 1. The van der Waals surface area contributed by atoms with Gasteiger partial charge in [0.1, 0.15) is 0 Å². The number of nitrogen functional groups attached to an aromatic ring is 1. The third-order valence-corrected chi connectivity index (χ3v) is 3.70. The van der Waals surface area contributed by atoms with Gasteiger partial charge >= 0.3 is 0 Å². The number of hydrogen-bond acceptors (Lipinski definition) is 5. The molecule has 0 spiro atoms. The van der Waals surface area contributed by atoms with E-state index < -0.39 is 10.8 Å². The molecule has 114 valence electrons. The highest BCUT2D eigenvalue weighted by atomic mass is 35.5. The van der Waals surface area contributed by atoms with E-state index in [1.54, 1.807) is 0 Å². The molecule has 0 aliphatic carbocycles. The molecule has 2 rings (SSSR count). The zero-order chi connectivity index (χ0) is 15.6. The topological polar surface area (TPSA) is 107 Å². The third-order valence-electron chi connectivity index (χ3n) is 3.39. The van der Waals surface area contributed by atoms with E-state index >= 15 is 0 Å². The number of nitrogens with one attached hydrogen (secondary N) is 1.